The Morgan fingerprint density at radius 1 is 1.10 bits per heavy atom. The lowest BCUT2D eigenvalue weighted by Crippen LogP contribution is -2.45. The predicted molar refractivity (Wildman–Crippen MR) is 113 cm³/mol. The maximum atomic E-state index is 13.0. The van der Waals surface area contributed by atoms with Crippen molar-refractivity contribution >= 4 is 22.8 Å². The van der Waals surface area contributed by atoms with E-state index in [1.54, 1.807) is 16.2 Å². The molecule has 2 saturated heterocycles. The molecule has 2 aromatic rings. The highest BCUT2D eigenvalue weighted by molar-refractivity contribution is 6.00. The monoisotopic (exact) mass is 414 g/mol. The number of nitrogens with zero attached hydrogens (tertiary/aromatic N) is 3. The fourth-order valence-electron chi connectivity index (χ4n) is 4.63. The number of nitrogens with one attached hydrogen (secondary N) is 1. The van der Waals surface area contributed by atoms with E-state index in [1.807, 2.05) is 18.2 Å². The smallest absolute Gasteiger partial charge is 0.329 e. The number of hydrogen-bond donors (Lipinski definition) is 1. The largest absolute Gasteiger partial charge is 0.378 e. The number of imide groups is 1. The molecule has 2 amide bonds. The minimum absolute atomic E-state index is 0.195. The molecule has 0 saturated carbocycles. The van der Waals surface area contributed by atoms with E-state index in [0.717, 1.165) is 60.3 Å². The number of fused-ring (bicyclic) bond motifs is 1. The normalized spacial score (nSPS) is 21.0. The fourth-order valence-corrected chi connectivity index (χ4v) is 4.63. The molecule has 1 unspecified atom stereocenters. The van der Waals surface area contributed by atoms with Crippen molar-refractivity contribution in [2.45, 2.75) is 50.7 Å². The Morgan fingerprint density at radius 3 is 2.63 bits per heavy atom. The number of aryl methyl sites for hydroxylation is 2. The summed E-state index contributed by atoms with van der Waals surface area (Å²) in [5.41, 5.74) is 2.47. The molecular formula is C22H30N4O4. The molecule has 1 N–H and O–H groups in total. The maximum absolute atomic E-state index is 13.0. The highest BCUT2D eigenvalue weighted by Gasteiger charge is 2.35. The van der Waals surface area contributed by atoms with Gasteiger partial charge >= 0.3 is 5.69 Å². The Balaban J connectivity index is 1.55. The summed E-state index contributed by atoms with van der Waals surface area (Å²) in [6, 6.07) is 5.22. The number of aromatic nitrogens is 2. The summed E-state index contributed by atoms with van der Waals surface area (Å²) in [4.78, 5) is 38.7. The predicted octanol–water partition coefficient (Wildman–Crippen LogP) is 1.36. The van der Waals surface area contributed by atoms with E-state index >= 15 is 0 Å². The number of para-hydroxylation sites is 1. The van der Waals surface area contributed by atoms with Gasteiger partial charge in [0.1, 0.15) is 6.04 Å². The van der Waals surface area contributed by atoms with Gasteiger partial charge in [0.2, 0.25) is 5.91 Å². The SMILES string of the molecule is CN1C(=O)CCC(n2c(=O)n(C)c3c(CCCOC4CCNCC4)cccc32)C1=O. The maximum Gasteiger partial charge on any atom is 0.329 e. The van der Waals surface area contributed by atoms with Gasteiger partial charge in [-0.1, -0.05) is 12.1 Å². The first-order valence-electron chi connectivity index (χ1n) is 10.8. The molecule has 8 heteroatoms. The number of carbonyl (C=O) groups is 2. The molecule has 30 heavy (non-hydrogen) atoms. The molecule has 1 aromatic heterocycles. The quantitative estimate of drug-likeness (QED) is 0.570. The van der Waals surface area contributed by atoms with Crippen molar-refractivity contribution in [3.05, 3.63) is 34.2 Å². The van der Waals surface area contributed by atoms with E-state index in [4.69, 9.17) is 4.74 Å². The average molecular weight is 415 g/mol. The van der Waals surface area contributed by atoms with E-state index in [0.29, 0.717) is 19.1 Å². The number of amides is 2. The van der Waals surface area contributed by atoms with E-state index in [2.05, 4.69) is 5.32 Å². The number of ether oxygens (including phenoxy) is 1. The van der Waals surface area contributed by atoms with E-state index in [-0.39, 0.29) is 23.9 Å². The number of likely N-dealkylation sites (tertiary alicyclic amines) is 1. The molecule has 0 bridgehead atoms. The average Bonchev–Trinajstić information content (AvgIpc) is 3.01. The Bertz CT molecular complexity index is 1000. The molecule has 0 radical (unpaired) electrons. The third-order valence-corrected chi connectivity index (χ3v) is 6.35. The summed E-state index contributed by atoms with van der Waals surface area (Å²) >= 11 is 0. The first-order valence-corrected chi connectivity index (χ1v) is 10.8. The summed E-state index contributed by atoms with van der Waals surface area (Å²) in [5.74, 6) is -0.513. The van der Waals surface area contributed by atoms with Crippen LogP contribution in [0.3, 0.4) is 0 Å². The second kappa shape index (κ2) is 8.73. The van der Waals surface area contributed by atoms with Crippen LogP contribution >= 0.6 is 0 Å². The summed E-state index contributed by atoms with van der Waals surface area (Å²) in [6.07, 6.45) is 4.75. The van der Waals surface area contributed by atoms with Crippen molar-refractivity contribution in [3.63, 3.8) is 0 Å². The highest BCUT2D eigenvalue weighted by atomic mass is 16.5. The zero-order valence-corrected chi connectivity index (χ0v) is 17.7. The van der Waals surface area contributed by atoms with Crippen molar-refractivity contribution in [2.75, 3.05) is 26.7 Å². The van der Waals surface area contributed by atoms with E-state index < -0.39 is 6.04 Å². The van der Waals surface area contributed by atoms with Gasteiger partial charge in [0.15, 0.2) is 0 Å². The van der Waals surface area contributed by atoms with Crippen molar-refractivity contribution in [3.8, 4) is 0 Å². The summed E-state index contributed by atoms with van der Waals surface area (Å²) < 4.78 is 9.20. The topological polar surface area (TPSA) is 85.6 Å². The molecule has 2 aliphatic heterocycles. The van der Waals surface area contributed by atoms with Gasteiger partial charge in [-0.15, -0.1) is 0 Å². The lowest BCUT2D eigenvalue weighted by Gasteiger charge is -2.28. The van der Waals surface area contributed by atoms with Crippen LogP contribution in [0.5, 0.6) is 0 Å². The molecule has 0 aliphatic carbocycles. The van der Waals surface area contributed by atoms with Crippen molar-refractivity contribution in [1.29, 1.82) is 0 Å². The second-order valence-corrected chi connectivity index (χ2v) is 8.27. The number of benzene rings is 1. The zero-order chi connectivity index (χ0) is 21.3. The Morgan fingerprint density at radius 2 is 1.87 bits per heavy atom. The molecule has 4 rings (SSSR count). The molecule has 2 fully saturated rings. The Kier molecular flexibility index (Phi) is 6.06. The summed E-state index contributed by atoms with van der Waals surface area (Å²) in [5, 5.41) is 3.34. The molecule has 2 aliphatic rings. The van der Waals surface area contributed by atoms with Crippen LogP contribution in [0.4, 0.5) is 0 Å². The first kappa shape index (κ1) is 20.8. The third kappa shape index (κ3) is 3.81. The zero-order valence-electron chi connectivity index (χ0n) is 17.7. The van der Waals surface area contributed by atoms with Gasteiger partial charge in [-0.2, -0.15) is 0 Å². The van der Waals surface area contributed by atoms with Gasteiger partial charge in [-0.05, 0) is 56.8 Å². The molecule has 162 valence electrons. The van der Waals surface area contributed by atoms with Gasteiger partial charge in [0.05, 0.1) is 17.1 Å². The lowest BCUT2D eigenvalue weighted by molar-refractivity contribution is -0.149. The minimum Gasteiger partial charge on any atom is -0.378 e. The summed E-state index contributed by atoms with van der Waals surface area (Å²) in [6.45, 7) is 2.73. The van der Waals surface area contributed by atoms with Crippen LogP contribution in [-0.4, -0.2) is 58.7 Å². The minimum atomic E-state index is -0.637. The second-order valence-electron chi connectivity index (χ2n) is 8.27. The fraction of sp³-hybridized carbons (Fsp3) is 0.591. The van der Waals surface area contributed by atoms with Crippen LogP contribution in [0.25, 0.3) is 11.0 Å². The first-order chi connectivity index (χ1) is 14.5. The molecule has 0 spiro atoms. The number of hydrogen-bond acceptors (Lipinski definition) is 5. The number of likely N-dealkylation sites (N-methyl/N-ethyl adjacent to an activating group) is 1. The van der Waals surface area contributed by atoms with Gasteiger partial charge in [-0.25, -0.2) is 4.79 Å². The van der Waals surface area contributed by atoms with Crippen LogP contribution in [0.15, 0.2) is 23.0 Å². The van der Waals surface area contributed by atoms with E-state index in [9.17, 15) is 14.4 Å². The number of rotatable bonds is 6. The van der Waals surface area contributed by atoms with Gasteiger partial charge in [0, 0.05) is 27.1 Å². The van der Waals surface area contributed by atoms with Crippen molar-refractivity contribution < 1.29 is 14.3 Å². The summed E-state index contributed by atoms with van der Waals surface area (Å²) in [7, 11) is 3.24. The molecule has 8 nitrogen and oxygen atoms in total. The third-order valence-electron chi connectivity index (χ3n) is 6.35. The number of carbonyl (C=O) groups excluding carboxylic acids is 2. The highest BCUT2D eigenvalue weighted by Crippen LogP contribution is 2.27. The number of imidazole rings is 1. The van der Waals surface area contributed by atoms with Gasteiger partial charge < -0.3 is 10.1 Å². The van der Waals surface area contributed by atoms with Crippen LogP contribution < -0.4 is 11.0 Å². The molecule has 1 aromatic carbocycles. The lowest BCUT2D eigenvalue weighted by atomic mass is 10.0. The molecule has 1 atom stereocenters. The standard InChI is InChI=1S/C22H30N4O4/c1-24-19(27)9-8-18(21(24)28)26-17-7-3-5-15(20(17)25(2)22(26)29)6-4-14-30-16-10-12-23-13-11-16/h3,5,7,16,18,23H,4,6,8-14H2,1-2H3. The van der Waals surface area contributed by atoms with Crippen LogP contribution in [0.1, 0.15) is 43.7 Å². The van der Waals surface area contributed by atoms with Crippen molar-refractivity contribution in [2.24, 2.45) is 7.05 Å². The molecule has 3 heterocycles. The number of piperidine rings is 2. The van der Waals surface area contributed by atoms with Crippen molar-refractivity contribution in [1.82, 2.24) is 19.4 Å². The van der Waals surface area contributed by atoms with Crippen LogP contribution in [0.2, 0.25) is 0 Å². The van der Waals surface area contributed by atoms with Gasteiger partial charge in [-0.3, -0.25) is 23.6 Å². The van der Waals surface area contributed by atoms with E-state index in [1.165, 1.54) is 7.05 Å². The van der Waals surface area contributed by atoms with Gasteiger partial charge in [0.25, 0.3) is 5.91 Å². The Labute approximate surface area is 175 Å². The molecular weight excluding hydrogens is 384 g/mol. The van der Waals surface area contributed by atoms with Crippen LogP contribution in [0, 0.1) is 0 Å². The van der Waals surface area contributed by atoms with Crippen LogP contribution in [-0.2, 0) is 27.8 Å². The Hall–Kier alpha value is -2.45.